The molecule has 0 unspecified atom stereocenters. The standard InChI is InChI=1S/C21H23F3N2O3S2/c1-30-19-11-10-17(14-18(19)20(27)26-12-4-2-3-5-13-26)31(28,29)25-16-8-6-15(7-9-16)21(22,23)24/h6-11,14,25H,2-5,12-13H2,1H3. The Labute approximate surface area is 184 Å². The molecule has 0 aliphatic carbocycles. The topological polar surface area (TPSA) is 66.5 Å². The summed E-state index contributed by atoms with van der Waals surface area (Å²) in [5, 5.41) is 0. The Kier molecular flexibility index (Phi) is 7.20. The Morgan fingerprint density at radius 2 is 1.61 bits per heavy atom. The van der Waals surface area contributed by atoms with E-state index in [1.807, 2.05) is 6.26 Å². The van der Waals surface area contributed by atoms with Crippen molar-refractivity contribution in [3.05, 3.63) is 53.6 Å². The molecule has 3 rings (SSSR count). The summed E-state index contributed by atoms with van der Waals surface area (Å²) < 4.78 is 66.1. The Bertz CT molecular complexity index is 1030. The first-order valence-corrected chi connectivity index (χ1v) is 12.5. The van der Waals surface area contributed by atoms with Gasteiger partial charge in [-0.05, 0) is 61.6 Å². The van der Waals surface area contributed by atoms with Gasteiger partial charge in [0.05, 0.1) is 16.0 Å². The molecule has 0 spiro atoms. The van der Waals surface area contributed by atoms with Crippen molar-refractivity contribution in [1.82, 2.24) is 4.90 Å². The van der Waals surface area contributed by atoms with Gasteiger partial charge in [-0.15, -0.1) is 11.8 Å². The number of nitrogens with zero attached hydrogens (tertiary/aromatic N) is 1. The number of sulfonamides is 1. The normalized spacial score (nSPS) is 15.4. The van der Waals surface area contributed by atoms with Crippen LogP contribution in [0, 0.1) is 0 Å². The molecule has 0 aromatic heterocycles. The van der Waals surface area contributed by atoms with Crippen LogP contribution in [0.25, 0.3) is 0 Å². The first-order valence-electron chi connectivity index (χ1n) is 9.79. The lowest BCUT2D eigenvalue weighted by atomic mass is 10.2. The van der Waals surface area contributed by atoms with Crippen molar-refractivity contribution in [2.24, 2.45) is 0 Å². The van der Waals surface area contributed by atoms with Gasteiger partial charge in [-0.3, -0.25) is 9.52 Å². The number of nitrogens with one attached hydrogen (secondary N) is 1. The fourth-order valence-corrected chi connectivity index (χ4v) is 5.06. The molecular weight excluding hydrogens is 449 g/mol. The van der Waals surface area contributed by atoms with Gasteiger partial charge in [0.15, 0.2) is 0 Å². The number of amides is 1. The van der Waals surface area contributed by atoms with E-state index in [0.29, 0.717) is 23.5 Å². The lowest BCUT2D eigenvalue weighted by Gasteiger charge is -2.22. The summed E-state index contributed by atoms with van der Waals surface area (Å²) in [5.74, 6) is -0.210. The average molecular weight is 473 g/mol. The minimum atomic E-state index is -4.51. The number of alkyl halides is 3. The maximum absolute atomic E-state index is 13.1. The largest absolute Gasteiger partial charge is 0.416 e. The van der Waals surface area contributed by atoms with Crippen LogP contribution in [0.2, 0.25) is 0 Å². The number of carbonyl (C=O) groups is 1. The van der Waals surface area contributed by atoms with Crippen molar-refractivity contribution >= 4 is 33.4 Å². The summed E-state index contributed by atoms with van der Waals surface area (Å²) in [6.07, 6.45) is 1.24. The molecule has 5 nitrogen and oxygen atoms in total. The van der Waals surface area contributed by atoms with E-state index in [0.717, 1.165) is 49.9 Å². The van der Waals surface area contributed by atoms with Crippen molar-refractivity contribution in [3.8, 4) is 0 Å². The highest BCUT2D eigenvalue weighted by Crippen LogP contribution is 2.31. The van der Waals surface area contributed by atoms with Crippen LogP contribution in [0.15, 0.2) is 52.3 Å². The van der Waals surface area contributed by atoms with E-state index in [-0.39, 0.29) is 16.5 Å². The Balaban J connectivity index is 1.87. The second-order valence-electron chi connectivity index (χ2n) is 7.25. The first-order chi connectivity index (χ1) is 14.6. The monoisotopic (exact) mass is 472 g/mol. The maximum atomic E-state index is 13.1. The molecule has 0 saturated carbocycles. The van der Waals surface area contributed by atoms with E-state index in [1.54, 1.807) is 11.0 Å². The maximum Gasteiger partial charge on any atom is 0.416 e. The zero-order chi connectivity index (χ0) is 22.6. The Hall–Kier alpha value is -2.20. The fraction of sp³-hybridized carbons (Fsp3) is 0.381. The van der Waals surface area contributed by atoms with Gasteiger partial charge in [0.1, 0.15) is 0 Å². The quantitative estimate of drug-likeness (QED) is 0.604. The predicted octanol–water partition coefficient (Wildman–Crippen LogP) is 5.24. The molecule has 1 aliphatic rings. The number of hydrogen-bond acceptors (Lipinski definition) is 4. The Morgan fingerprint density at radius 3 is 2.16 bits per heavy atom. The Morgan fingerprint density at radius 1 is 1.00 bits per heavy atom. The molecule has 1 amide bonds. The number of carbonyl (C=O) groups excluding carboxylic acids is 1. The van der Waals surface area contributed by atoms with Gasteiger partial charge in [-0.2, -0.15) is 13.2 Å². The van der Waals surface area contributed by atoms with Crippen LogP contribution in [0.1, 0.15) is 41.6 Å². The molecule has 0 bridgehead atoms. The summed E-state index contributed by atoms with van der Waals surface area (Å²) in [7, 11) is -4.09. The van der Waals surface area contributed by atoms with E-state index in [9.17, 15) is 26.4 Å². The molecule has 0 atom stereocenters. The lowest BCUT2D eigenvalue weighted by molar-refractivity contribution is -0.137. The summed E-state index contributed by atoms with van der Waals surface area (Å²) in [4.78, 5) is 15.4. The predicted molar refractivity (Wildman–Crippen MR) is 115 cm³/mol. The third kappa shape index (κ3) is 5.74. The molecule has 31 heavy (non-hydrogen) atoms. The number of likely N-dealkylation sites (tertiary alicyclic amines) is 1. The van der Waals surface area contributed by atoms with Crippen LogP contribution in [0.5, 0.6) is 0 Å². The zero-order valence-corrected chi connectivity index (χ0v) is 18.5. The van der Waals surface area contributed by atoms with Crippen LogP contribution < -0.4 is 4.72 Å². The van der Waals surface area contributed by atoms with Crippen LogP contribution >= 0.6 is 11.8 Å². The minimum absolute atomic E-state index is 0.00216. The molecule has 1 fully saturated rings. The first kappa shape index (κ1) is 23.5. The number of anilines is 1. The zero-order valence-electron chi connectivity index (χ0n) is 16.9. The molecule has 2 aromatic carbocycles. The minimum Gasteiger partial charge on any atom is -0.339 e. The molecule has 1 N–H and O–H groups in total. The van der Waals surface area contributed by atoms with Crippen LogP contribution in [0.3, 0.4) is 0 Å². The second-order valence-corrected chi connectivity index (χ2v) is 9.78. The van der Waals surface area contributed by atoms with Crippen LogP contribution in [-0.4, -0.2) is 38.6 Å². The highest BCUT2D eigenvalue weighted by atomic mass is 32.2. The van der Waals surface area contributed by atoms with E-state index < -0.39 is 21.8 Å². The number of thioether (sulfide) groups is 1. The van der Waals surface area contributed by atoms with Crippen LogP contribution in [-0.2, 0) is 16.2 Å². The van der Waals surface area contributed by atoms with Gasteiger partial charge in [-0.1, -0.05) is 12.8 Å². The molecule has 0 radical (unpaired) electrons. The molecule has 10 heteroatoms. The smallest absolute Gasteiger partial charge is 0.339 e. The highest BCUT2D eigenvalue weighted by molar-refractivity contribution is 7.98. The number of benzene rings is 2. The average Bonchev–Trinajstić information content (AvgIpc) is 3.02. The fourth-order valence-electron chi connectivity index (χ4n) is 3.41. The van der Waals surface area contributed by atoms with Crippen molar-refractivity contribution in [3.63, 3.8) is 0 Å². The van der Waals surface area contributed by atoms with E-state index >= 15 is 0 Å². The highest BCUT2D eigenvalue weighted by Gasteiger charge is 2.30. The molecule has 168 valence electrons. The van der Waals surface area contributed by atoms with E-state index in [1.165, 1.54) is 23.9 Å². The van der Waals surface area contributed by atoms with Gasteiger partial charge >= 0.3 is 6.18 Å². The van der Waals surface area contributed by atoms with Gasteiger partial charge in [-0.25, -0.2) is 8.42 Å². The van der Waals surface area contributed by atoms with Gasteiger partial charge in [0, 0.05) is 23.7 Å². The van der Waals surface area contributed by atoms with E-state index in [4.69, 9.17) is 0 Å². The summed E-state index contributed by atoms with van der Waals surface area (Å²) in [5.41, 5.74) is -0.558. The summed E-state index contributed by atoms with van der Waals surface area (Å²) >= 11 is 1.35. The molecule has 1 saturated heterocycles. The molecule has 1 heterocycles. The van der Waals surface area contributed by atoms with Crippen molar-refractivity contribution in [2.45, 2.75) is 41.7 Å². The third-order valence-electron chi connectivity index (χ3n) is 5.07. The second kappa shape index (κ2) is 9.52. The van der Waals surface area contributed by atoms with Crippen LogP contribution in [0.4, 0.5) is 18.9 Å². The number of halogens is 3. The number of hydrogen-bond donors (Lipinski definition) is 1. The summed E-state index contributed by atoms with van der Waals surface area (Å²) in [6.45, 7) is 1.26. The molecule has 1 aliphatic heterocycles. The van der Waals surface area contributed by atoms with Crippen molar-refractivity contribution < 1.29 is 26.4 Å². The number of rotatable bonds is 5. The van der Waals surface area contributed by atoms with Crippen molar-refractivity contribution in [1.29, 1.82) is 0 Å². The SMILES string of the molecule is CSc1ccc(S(=O)(=O)Nc2ccc(C(F)(F)F)cc2)cc1C(=O)N1CCCCCC1. The third-order valence-corrected chi connectivity index (χ3v) is 7.24. The van der Waals surface area contributed by atoms with E-state index in [2.05, 4.69) is 4.72 Å². The van der Waals surface area contributed by atoms with Gasteiger partial charge in [0.2, 0.25) is 0 Å². The van der Waals surface area contributed by atoms with Gasteiger partial charge in [0.25, 0.3) is 15.9 Å². The lowest BCUT2D eigenvalue weighted by Crippen LogP contribution is -2.32. The van der Waals surface area contributed by atoms with Gasteiger partial charge < -0.3 is 4.90 Å². The summed E-state index contributed by atoms with van der Waals surface area (Å²) in [6, 6.07) is 8.03. The molecular formula is C21H23F3N2O3S2. The molecule has 2 aromatic rings. The van der Waals surface area contributed by atoms with Crippen molar-refractivity contribution in [2.75, 3.05) is 24.1 Å².